The molecular weight excluding hydrogens is 212 g/mol. The number of aromatic nitrogens is 2. The Kier molecular flexibility index (Phi) is 3.72. The maximum absolute atomic E-state index is 4.68. The number of hydrogen-bond donors (Lipinski definition) is 1. The van der Waals surface area contributed by atoms with Crippen LogP contribution in [-0.2, 0) is 6.54 Å². The van der Waals surface area contributed by atoms with Crippen molar-refractivity contribution >= 4 is 5.95 Å². The Morgan fingerprint density at radius 1 is 1.35 bits per heavy atom. The predicted molar refractivity (Wildman–Crippen MR) is 71.5 cm³/mol. The third kappa shape index (κ3) is 2.80. The Balaban J connectivity index is 2.20. The lowest BCUT2D eigenvalue weighted by atomic mass is 10.1. The maximum Gasteiger partial charge on any atom is 0.205 e. The van der Waals surface area contributed by atoms with Gasteiger partial charge in [-0.15, -0.1) is 0 Å². The minimum atomic E-state index is 0.533. The molecule has 1 N–H and O–H groups in total. The van der Waals surface area contributed by atoms with Gasteiger partial charge in [0.25, 0.3) is 0 Å². The molecule has 2 heterocycles. The molecule has 0 saturated carbocycles. The summed E-state index contributed by atoms with van der Waals surface area (Å²) in [6, 6.07) is 1.07. The first-order chi connectivity index (χ1) is 8.10. The van der Waals surface area contributed by atoms with E-state index in [2.05, 4.69) is 53.7 Å². The molecule has 4 nitrogen and oxygen atoms in total. The zero-order chi connectivity index (χ0) is 12.4. The van der Waals surface area contributed by atoms with E-state index in [-0.39, 0.29) is 0 Å². The first-order valence-corrected chi connectivity index (χ1v) is 6.65. The Morgan fingerprint density at radius 2 is 2.00 bits per heavy atom. The van der Waals surface area contributed by atoms with Crippen molar-refractivity contribution in [1.82, 2.24) is 14.9 Å². The van der Waals surface area contributed by atoms with Gasteiger partial charge < -0.3 is 14.8 Å². The van der Waals surface area contributed by atoms with Crippen molar-refractivity contribution < 1.29 is 0 Å². The summed E-state index contributed by atoms with van der Waals surface area (Å²) in [5.74, 6) is 1.14. The highest BCUT2D eigenvalue weighted by Gasteiger charge is 2.24. The summed E-state index contributed by atoms with van der Waals surface area (Å²) in [5, 5.41) is 3.56. The fraction of sp³-hybridized carbons (Fsp3) is 0.769. The minimum absolute atomic E-state index is 0.533. The predicted octanol–water partition coefficient (Wildman–Crippen LogP) is 1.79. The molecule has 96 valence electrons. The Hall–Kier alpha value is -1.03. The van der Waals surface area contributed by atoms with Crippen molar-refractivity contribution in [3.05, 3.63) is 11.9 Å². The minimum Gasteiger partial charge on any atom is -0.339 e. The fourth-order valence-electron chi connectivity index (χ4n) is 2.68. The van der Waals surface area contributed by atoms with Gasteiger partial charge in [-0.2, -0.15) is 0 Å². The molecule has 1 aromatic rings. The molecule has 1 aromatic heterocycles. The van der Waals surface area contributed by atoms with Crippen molar-refractivity contribution in [2.45, 2.75) is 52.7 Å². The third-order valence-electron chi connectivity index (χ3n) is 3.18. The van der Waals surface area contributed by atoms with Crippen molar-refractivity contribution in [2.75, 3.05) is 18.0 Å². The number of hydrogen-bond acceptors (Lipinski definition) is 3. The van der Waals surface area contributed by atoms with Gasteiger partial charge in [-0.25, -0.2) is 4.98 Å². The normalized spacial score (nSPS) is 25.3. The highest BCUT2D eigenvalue weighted by Crippen LogP contribution is 2.18. The second-order valence-corrected chi connectivity index (χ2v) is 5.25. The smallest absolute Gasteiger partial charge is 0.205 e. The van der Waals surface area contributed by atoms with Crippen LogP contribution in [-0.4, -0.2) is 34.7 Å². The van der Waals surface area contributed by atoms with Gasteiger partial charge in [-0.1, -0.05) is 6.92 Å². The maximum atomic E-state index is 4.68. The number of nitrogens with zero attached hydrogens (tertiary/aromatic N) is 3. The van der Waals surface area contributed by atoms with Crippen LogP contribution >= 0.6 is 0 Å². The Bertz CT molecular complexity index is 361. The molecule has 17 heavy (non-hydrogen) atoms. The van der Waals surface area contributed by atoms with Crippen LogP contribution in [0.15, 0.2) is 6.20 Å². The van der Waals surface area contributed by atoms with Crippen LogP contribution in [0.2, 0.25) is 0 Å². The zero-order valence-electron chi connectivity index (χ0n) is 11.4. The van der Waals surface area contributed by atoms with Crippen LogP contribution in [0.25, 0.3) is 0 Å². The number of rotatable bonds is 3. The van der Waals surface area contributed by atoms with Gasteiger partial charge >= 0.3 is 0 Å². The topological polar surface area (TPSA) is 33.1 Å². The van der Waals surface area contributed by atoms with Crippen molar-refractivity contribution in [2.24, 2.45) is 0 Å². The molecule has 1 aliphatic heterocycles. The van der Waals surface area contributed by atoms with E-state index in [1.807, 2.05) is 0 Å². The summed E-state index contributed by atoms with van der Waals surface area (Å²) in [5.41, 5.74) is 1.12. The highest BCUT2D eigenvalue weighted by molar-refractivity contribution is 5.35. The lowest BCUT2D eigenvalue weighted by molar-refractivity contribution is 0.400. The molecule has 4 heteroatoms. The molecule has 0 radical (unpaired) electrons. The molecule has 0 aromatic carbocycles. The van der Waals surface area contributed by atoms with Crippen molar-refractivity contribution in [1.29, 1.82) is 0 Å². The van der Waals surface area contributed by atoms with Crippen LogP contribution in [0, 0.1) is 6.92 Å². The van der Waals surface area contributed by atoms with Crippen LogP contribution in [0.1, 0.15) is 32.9 Å². The fourth-order valence-corrected chi connectivity index (χ4v) is 2.68. The van der Waals surface area contributed by atoms with E-state index in [1.165, 1.54) is 0 Å². The average Bonchev–Trinajstić information content (AvgIpc) is 2.58. The number of imidazole rings is 1. The number of aryl methyl sites for hydroxylation is 2. The standard InChI is InChI=1S/C13H24N4/c1-5-6-16-7-12(4)15-13(16)17-8-10(2)14-11(3)9-17/h7,10-11,14H,5-6,8-9H2,1-4H3. The lowest BCUT2D eigenvalue weighted by Crippen LogP contribution is -2.55. The molecule has 2 rings (SSSR count). The quantitative estimate of drug-likeness (QED) is 0.868. The largest absolute Gasteiger partial charge is 0.339 e. The van der Waals surface area contributed by atoms with Gasteiger partial charge in [-0.3, -0.25) is 0 Å². The Morgan fingerprint density at radius 3 is 2.59 bits per heavy atom. The second-order valence-electron chi connectivity index (χ2n) is 5.25. The molecule has 1 aliphatic rings. The third-order valence-corrected chi connectivity index (χ3v) is 3.18. The van der Waals surface area contributed by atoms with Gasteiger partial charge in [0.15, 0.2) is 0 Å². The summed E-state index contributed by atoms with van der Waals surface area (Å²) in [4.78, 5) is 7.09. The molecule has 1 fully saturated rings. The van der Waals surface area contributed by atoms with E-state index < -0.39 is 0 Å². The molecule has 0 aliphatic carbocycles. The van der Waals surface area contributed by atoms with Crippen molar-refractivity contribution in [3.63, 3.8) is 0 Å². The summed E-state index contributed by atoms with van der Waals surface area (Å²) < 4.78 is 2.29. The number of nitrogens with one attached hydrogen (secondary N) is 1. The van der Waals surface area contributed by atoms with Gasteiger partial charge in [0, 0.05) is 37.9 Å². The SMILES string of the molecule is CCCn1cc(C)nc1N1CC(C)NC(C)C1. The molecule has 2 atom stereocenters. The highest BCUT2D eigenvalue weighted by atomic mass is 15.3. The molecule has 0 spiro atoms. The average molecular weight is 236 g/mol. The Labute approximate surface area is 104 Å². The van der Waals surface area contributed by atoms with Crippen LogP contribution in [0.4, 0.5) is 5.95 Å². The van der Waals surface area contributed by atoms with E-state index in [9.17, 15) is 0 Å². The molecule has 1 saturated heterocycles. The van der Waals surface area contributed by atoms with E-state index in [1.54, 1.807) is 0 Å². The van der Waals surface area contributed by atoms with Crippen molar-refractivity contribution in [3.8, 4) is 0 Å². The monoisotopic (exact) mass is 236 g/mol. The van der Waals surface area contributed by atoms with Gasteiger partial charge in [-0.05, 0) is 27.2 Å². The molecular formula is C13H24N4. The summed E-state index contributed by atoms with van der Waals surface area (Å²) in [6.07, 6.45) is 3.32. The van der Waals surface area contributed by atoms with Gasteiger partial charge in [0.2, 0.25) is 5.95 Å². The molecule has 2 unspecified atom stereocenters. The first kappa shape index (κ1) is 12.4. The molecule has 0 amide bonds. The van der Waals surface area contributed by atoms with E-state index >= 15 is 0 Å². The first-order valence-electron chi connectivity index (χ1n) is 6.65. The van der Waals surface area contributed by atoms with E-state index in [0.717, 1.165) is 37.7 Å². The van der Waals surface area contributed by atoms with Gasteiger partial charge in [0.1, 0.15) is 0 Å². The van der Waals surface area contributed by atoms with E-state index in [0.29, 0.717) is 12.1 Å². The van der Waals surface area contributed by atoms with Crippen LogP contribution < -0.4 is 10.2 Å². The van der Waals surface area contributed by atoms with Gasteiger partial charge in [0.05, 0.1) is 5.69 Å². The zero-order valence-corrected chi connectivity index (χ0v) is 11.4. The van der Waals surface area contributed by atoms with Crippen LogP contribution in [0.3, 0.4) is 0 Å². The summed E-state index contributed by atoms with van der Waals surface area (Å²) in [7, 11) is 0. The summed E-state index contributed by atoms with van der Waals surface area (Å²) in [6.45, 7) is 11.9. The van der Waals surface area contributed by atoms with E-state index in [4.69, 9.17) is 0 Å². The number of anilines is 1. The number of piperazine rings is 1. The van der Waals surface area contributed by atoms with Crippen LogP contribution in [0.5, 0.6) is 0 Å². The lowest BCUT2D eigenvalue weighted by Gasteiger charge is -2.36. The summed E-state index contributed by atoms with van der Waals surface area (Å²) >= 11 is 0. The molecule has 0 bridgehead atoms. The second kappa shape index (κ2) is 5.08.